The Hall–Kier alpha value is -2.51. The number of nitrogens with two attached hydrogens (primary N) is 1. The van der Waals surface area contributed by atoms with Crippen molar-refractivity contribution in [3.63, 3.8) is 0 Å². The van der Waals surface area contributed by atoms with E-state index in [0.717, 1.165) is 0 Å². The molecule has 25 heavy (non-hydrogen) atoms. The van der Waals surface area contributed by atoms with E-state index >= 15 is 0 Å². The zero-order valence-electron chi connectivity index (χ0n) is 13.5. The molecule has 7 heteroatoms. The van der Waals surface area contributed by atoms with E-state index in [-0.39, 0.29) is 12.2 Å². The molecule has 0 radical (unpaired) electrons. The van der Waals surface area contributed by atoms with Crippen LogP contribution in [-0.2, 0) is 20.4 Å². The number of aliphatic hydroxyl groups is 1. The van der Waals surface area contributed by atoms with Crippen molar-refractivity contribution in [1.82, 2.24) is 5.32 Å². The van der Waals surface area contributed by atoms with E-state index in [0.29, 0.717) is 10.5 Å². The summed E-state index contributed by atoms with van der Waals surface area (Å²) in [6.07, 6.45) is -1.29. The minimum Gasteiger partial charge on any atom is -0.378 e. The minimum atomic E-state index is -1.40. The first-order valence-corrected chi connectivity index (χ1v) is 9.07. The molecule has 2 rings (SSSR count). The highest BCUT2D eigenvalue weighted by Crippen LogP contribution is 2.13. The quantitative estimate of drug-likeness (QED) is 0.649. The third-order valence-corrected chi connectivity index (χ3v) is 5.03. The molecule has 0 aliphatic carbocycles. The predicted molar refractivity (Wildman–Crippen MR) is 94.9 cm³/mol. The SMILES string of the molecule is NC(=O)[C@@H](CC[S@@](=O)c1ccccc1)NC(=O)[C@@H](O)c1ccccc1. The van der Waals surface area contributed by atoms with Gasteiger partial charge < -0.3 is 16.2 Å². The van der Waals surface area contributed by atoms with Crippen molar-refractivity contribution in [3.8, 4) is 0 Å². The first-order valence-electron chi connectivity index (χ1n) is 7.75. The van der Waals surface area contributed by atoms with Crippen LogP contribution in [0.15, 0.2) is 65.6 Å². The number of hydrogen-bond donors (Lipinski definition) is 3. The number of aliphatic hydroxyl groups excluding tert-OH is 1. The second kappa shape index (κ2) is 9.10. The lowest BCUT2D eigenvalue weighted by Gasteiger charge is -2.18. The number of hydrogen-bond acceptors (Lipinski definition) is 4. The highest BCUT2D eigenvalue weighted by atomic mass is 32.2. The van der Waals surface area contributed by atoms with Crippen LogP contribution in [0.4, 0.5) is 0 Å². The molecular weight excluding hydrogens is 340 g/mol. The summed E-state index contributed by atoms with van der Waals surface area (Å²) in [5.74, 6) is -1.29. The van der Waals surface area contributed by atoms with Gasteiger partial charge in [0.1, 0.15) is 6.04 Å². The van der Waals surface area contributed by atoms with Crippen LogP contribution in [0.25, 0.3) is 0 Å². The molecule has 132 valence electrons. The number of primary amides is 1. The van der Waals surface area contributed by atoms with Gasteiger partial charge >= 0.3 is 0 Å². The molecule has 0 unspecified atom stereocenters. The van der Waals surface area contributed by atoms with Gasteiger partial charge in [-0.25, -0.2) is 0 Å². The Bertz CT molecular complexity index is 737. The lowest BCUT2D eigenvalue weighted by atomic mass is 10.1. The van der Waals surface area contributed by atoms with E-state index in [4.69, 9.17) is 5.73 Å². The molecular formula is C18H20N2O4S. The average molecular weight is 360 g/mol. The summed E-state index contributed by atoms with van der Waals surface area (Å²) < 4.78 is 12.2. The van der Waals surface area contributed by atoms with Crippen LogP contribution >= 0.6 is 0 Å². The topological polar surface area (TPSA) is 109 Å². The number of carbonyl (C=O) groups excluding carboxylic acids is 2. The summed E-state index contributed by atoms with van der Waals surface area (Å²) in [6, 6.07) is 16.2. The van der Waals surface area contributed by atoms with Gasteiger partial charge in [-0.2, -0.15) is 0 Å². The van der Waals surface area contributed by atoms with E-state index in [9.17, 15) is 18.9 Å². The van der Waals surface area contributed by atoms with Crippen LogP contribution in [0.1, 0.15) is 18.1 Å². The maximum atomic E-state index is 12.2. The fourth-order valence-corrected chi connectivity index (χ4v) is 3.38. The maximum Gasteiger partial charge on any atom is 0.254 e. The average Bonchev–Trinajstić information content (AvgIpc) is 2.65. The van der Waals surface area contributed by atoms with Crippen LogP contribution < -0.4 is 11.1 Å². The molecule has 0 aliphatic rings. The Balaban J connectivity index is 1.95. The molecule has 6 nitrogen and oxygen atoms in total. The summed E-state index contributed by atoms with van der Waals surface area (Å²) in [7, 11) is -1.30. The first-order chi connectivity index (χ1) is 12.0. The maximum absolute atomic E-state index is 12.2. The van der Waals surface area contributed by atoms with E-state index in [2.05, 4.69) is 5.32 Å². The number of benzene rings is 2. The fraction of sp³-hybridized carbons (Fsp3) is 0.222. The standard InChI is InChI=1S/C18H20N2O4S/c19-17(22)15(11-12-25(24)14-9-5-2-6-10-14)20-18(23)16(21)13-7-3-1-4-8-13/h1-10,15-16,21H,11-12H2,(H2,19,22)(H,20,23)/t15-,16+,25-/m1/s1. The zero-order valence-corrected chi connectivity index (χ0v) is 14.3. The Morgan fingerprint density at radius 2 is 1.60 bits per heavy atom. The molecule has 0 aliphatic heterocycles. The van der Waals surface area contributed by atoms with Crippen molar-refractivity contribution < 1.29 is 18.9 Å². The van der Waals surface area contributed by atoms with Gasteiger partial charge in [-0.1, -0.05) is 48.5 Å². The van der Waals surface area contributed by atoms with Gasteiger partial charge in [0.05, 0.1) is 10.8 Å². The smallest absolute Gasteiger partial charge is 0.254 e. The van der Waals surface area contributed by atoms with Crippen LogP contribution in [0, 0.1) is 0 Å². The Morgan fingerprint density at radius 3 is 2.16 bits per heavy atom. The molecule has 4 N–H and O–H groups in total. The van der Waals surface area contributed by atoms with Crippen molar-refractivity contribution >= 4 is 22.6 Å². The Kier molecular flexibility index (Phi) is 6.85. The van der Waals surface area contributed by atoms with E-state index in [1.165, 1.54) is 0 Å². The number of amides is 2. The van der Waals surface area contributed by atoms with Crippen molar-refractivity contribution in [2.75, 3.05) is 5.75 Å². The van der Waals surface area contributed by atoms with Gasteiger partial charge in [-0.3, -0.25) is 13.8 Å². The molecule has 2 amide bonds. The van der Waals surface area contributed by atoms with E-state index < -0.39 is 34.8 Å². The van der Waals surface area contributed by atoms with Crippen molar-refractivity contribution in [3.05, 3.63) is 66.2 Å². The Labute approximate surface area is 148 Å². The van der Waals surface area contributed by atoms with Crippen LogP contribution in [-0.4, -0.2) is 32.9 Å². The van der Waals surface area contributed by atoms with Crippen LogP contribution in [0.3, 0.4) is 0 Å². The molecule has 0 saturated heterocycles. The highest BCUT2D eigenvalue weighted by molar-refractivity contribution is 7.85. The molecule has 0 aromatic heterocycles. The lowest BCUT2D eigenvalue weighted by Crippen LogP contribution is -2.46. The largest absolute Gasteiger partial charge is 0.378 e. The lowest BCUT2D eigenvalue weighted by molar-refractivity contribution is -0.133. The van der Waals surface area contributed by atoms with Crippen molar-refractivity contribution in [1.29, 1.82) is 0 Å². The molecule has 0 spiro atoms. The van der Waals surface area contributed by atoms with Gasteiger partial charge in [-0.15, -0.1) is 0 Å². The second-order valence-corrected chi connectivity index (χ2v) is 7.00. The number of rotatable bonds is 8. The minimum absolute atomic E-state index is 0.115. The molecule has 0 fully saturated rings. The summed E-state index contributed by atoms with van der Waals surface area (Å²) >= 11 is 0. The van der Waals surface area contributed by atoms with Gasteiger partial charge in [0.15, 0.2) is 6.10 Å². The molecule has 0 heterocycles. The number of carbonyl (C=O) groups is 2. The first kappa shape index (κ1) is 18.8. The van der Waals surface area contributed by atoms with Crippen molar-refractivity contribution in [2.24, 2.45) is 5.73 Å². The fourth-order valence-electron chi connectivity index (χ4n) is 2.24. The summed E-state index contributed by atoms with van der Waals surface area (Å²) in [5, 5.41) is 12.5. The third kappa shape index (κ3) is 5.51. The molecule has 0 saturated carbocycles. The van der Waals surface area contributed by atoms with Crippen molar-refractivity contribution in [2.45, 2.75) is 23.5 Å². The van der Waals surface area contributed by atoms with Gasteiger partial charge in [0.25, 0.3) is 5.91 Å². The van der Waals surface area contributed by atoms with E-state index in [1.54, 1.807) is 54.6 Å². The van der Waals surface area contributed by atoms with E-state index in [1.807, 2.05) is 6.07 Å². The number of nitrogens with one attached hydrogen (secondary N) is 1. The normalized spacial score (nSPS) is 14.3. The molecule has 3 atom stereocenters. The highest BCUT2D eigenvalue weighted by Gasteiger charge is 2.24. The summed E-state index contributed by atoms with van der Waals surface area (Å²) in [5.41, 5.74) is 5.73. The summed E-state index contributed by atoms with van der Waals surface area (Å²) in [4.78, 5) is 24.3. The van der Waals surface area contributed by atoms with Crippen LogP contribution in [0.2, 0.25) is 0 Å². The molecule has 0 bridgehead atoms. The monoisotopic (exact) mass is 360 g/mol. The summed E-state index contributed by atoms with van der Waals surface area (Å²) in [6.45, 7) is 0. The predicted octanol–water partition coefficient (Wildman–Crippen LogP) is 0.888. The molecule has 2 aromatic carbocycles. The second-order valence-electron chi connectivity index (χ2n) is 5.43. The Morgan fingerprint density at radius 1 is 1.04 bits per heavy atom. The van der Waals surface area contributed by atoms with Gasteiger partial charge in [-0.05, 0) is 24.1 Å². The van der Waals surface area contributed by atoms with Gasteiger partial charge in [0.2, 0.25) is 5.91 Å². The zero-order chi connectivity index (χ0) is 18.2. The van der Waals surface area contributed by atoms with Gasteiger partial charge in [0, 0.05) is 10.6 Å². The van der Waals surface area contributed by atoms with Crippen LogP contribution in [0.5, 0.6) is 0 Å². The molecule has 2 aromatic rings. The third-order valence-electron chi connectivity index (χ3n) is 3.62.